The Labute approximate surface area is 138 Å². The summed E-state index contributed by atoms with van der Waals surface area (Å²) in [7, 11) is 0. The fourth-order valence-electron chi connectivity index (χ4n) is 2.36. The van der Waals surface area contributed by atoms with Gasteiger partial charge in [-0.1, -0.05) is 54.2 Å². The van der Waals surface area contributed by atoms with Crippen molar-refractivity contribution in [2.75, 3.05) is 5.32 Å². The molecule has 0 saturated heterocycles. The molecule has 0 unspecified atom stereocenters. The molecule has 0 radical (unpaired) electrons. The number of fused-ring (bicyclic) bond motifs is 1. The zero-order valence-corrected chi connectivity index (χ0v) is 13.4. The van der Waals surface area contributed by atoms with Crippen LogP contribution in [0.5, 0.6) is 0 Å². The Morgan fingerprint density at radius 2 is 1.48 bits per heavy atom. The molecule has 0 atom stereocenters. The average molecular weight is 321 g/mol. The van der Waals surface area contributed by atoms with E-state index in [0.717, 1.165) is 28.2 Å². The first-order chi connectivity index (χ1) is 11.1. The van der Waals surface area contributed by atoms with E-state index in [-0.39, 0.29) is 11.0 Å². The zero-order valence-electron chi connectivity index (χ0n) is 12.6. The Bertz CT molecular complexity index is 875. The highest BCUT2D eigenvalue weighted by Crippen LogP contribution is 2.29. The summed E-state index contributed by atoms with van der Waals surface area (Å²) in [6.45, 7) is 1.50. The third kappa shape index (κ3) is 3.60. The molecule has 0 saturated carbocycles. The molecule has 3 nitrogen and oxygen atoms in total. The van der Waals surface area contributed by atoms with Crippen LogP contribution in [0.4, 0.5) is 5.69 Å². The lowest BCUT2D eigenvalue weighted by molar-refractivity contribution is -0.109. The minimum atomic E-state index is -0.217. The van der Waals surface area contributed by atoms with E-state index < -0.39 is 0 Å². The summed E-state index contributed by atoms with van der Waals surface area (Å²) in [5.74, 6) is -0.217. The van der Waals surface area contributed by atoms with E-state index in [2.05, 4.69) is 5.32 Å². The third-order valence-electron chi connectivity index (χ3n) is 3.38. The molecule has 0 aliphatic rings. The van der Waals surface area contributed by atoms with Gasteiger partial charge in [-0.25, -0.2) is 0 Å². The van der Waals surface area contributed by atoms with Crippen molar-refractivity contribution in [3.63, 3.8) is 0 Å². The fraction of sp³-hybridized carbons (Fsp3) is 0.0526. The number of rotatable bonds is 3. The summed E-state index contributed by atoms with van der Waals surface area (Å²) in [5, 5.41) is 4.80. The SMILES string of the molecule is CC(=O)Sc1cc2ccccc2cc1C(=O)Nc1ccccc1. The second kappa shape index (κ2) is 6.67. The maximum atomic E-state index is 12.6. The van der Waals surface area contributed by atoms with Gasteiger partial charge in [0.25, 0.3) is 5.91 Å². The summed E-state index contributed by atoms with van der Waals surface area (Å²) in [5.41, 5.74) is 1.23. The number of hydrogen-bond donors (Lipinski definition) is 1. The van der Waals surface area contributed by atoms with Crippen molar-refractivity contribution >= 4 is 39.2 Å². The molecule has 0 fully saturated rings. The second-order valence-corrected chi connectivity index (χ2v) is 6.33. The Hall–Kier alpha value is -2.59. The standard InChI is InChI=1S/C19H15NO2S/c1-13(21)23-18-12-15-8-6-5-7-14(15)11-17(18)19(22)20-16-9-3-2-4-10-16/h2-12H,1H3,(H,20,22). The molecule has 114 valence electrons. The molecule has 3 rings (SSSR count). The van der Waals surface area contributed by atoms with Crippen molar-refractivity contribution in [3.8, 4) is 0 Å². The highest BCUT2D eigenvalue weighted by Gasteiger charge is 2.15. The molecule has 4 heteroatoms. The van der Waals surface area contributed by atoms with Crippen LogP contribution in [0.25, 0.3) is 10.8 Å². The Morgan fingerprint density at radius 3 is 2.13 bits per heavy atom. The van der Waals surface area contributed by atoms with Gasteiger partial charge in [0.15, 0.2) is 5.12 Å². The number of thioether (sulfide) groups is 1. The first kappa shape index (κ1) is 15.3. The normalized spacial score (nSPS) is 10.5. The van der Waals surface area contributed by atoms with Crippen LogP contribution in [-0.2, 0) is 4.79 Å². The number of carbonyl (C=O) groups is 2. The molecule has 1 amide bonds. The number of hydrogen-bond acceptors (Lipinski definition) is 3. The Balaban J connectivity index is 2.03. The van der Waals surface area contributed by atoms with Gasteiger partial charge in [-0.3, -0.25) is 9.59 Å². The summed E-state index contributed by atoms with van der Waals surface area (Å²) >= 11 is 1.08. The van der Waals surface area contributed by atoms with Crippen LogP contribution in [0.3, 0.4) is 0 Å². The first-order valence-electron chi connectivity index (χ1n) is 7.21. The van der Waals surface area contributed by atoms with Crippen molar-refractivity contribution < 1.29 is 9.59 Å². The second-order valence-electron chi connectivity index (χ2n) is 5.11. The molecule has 0 spiro atoms. The van der Waals surface area contributed by atoms with E-state index in [9.17, 15) is 9.59 Å². The van der Waals surface area contributed by atoms with Gasteiger partial charge in [-0.15, -0.1) is 0 Å². The van der Waals surface area contributed by atoms with E-state index >= 15 is 0 Å². The fourth-order valence-corrected chi connectivity index (χ4v) is 3.11. The molecule has 0 aliphatic heterocycles. The van der Waals surface area contributed by atoms with E-state index in [0.29, 0.717) is 10.5 Å². The molecule has 0 aliphatic carbocycles. The Morgan fingerprint density at radius 1 is 0.870 bits per heavy atom. The van der Waals surface area contributed by atoms with Gasteiger partial charge in [-0.05, 0) is 35.0 Å². The van der Waals surface area contributed by atoms with E-state index in [1.807, 2.05) is 66.7 Å². The van der Waals surface area contributed by atoms with Crippen molar-refractivity contribution in [3.05, 3.63) is 72.3 Å². The van der Waals surface area contributed by atoms with Gasteiger partial charge in [0, 0.05) is 17.5 Å². The van der Waals surface area contributed by atoms with Gasteiger partial charge < -0.3 is 5.32 Å². The monoisotopic (exact) mass is 321 g/mol. The number of para-hydroxylation sites is 1. The number of anilines is 1. The minimum absolute atomic E-state index is 0.0472. The predicted molar refractivity (Wildman–Crippen MR) is 94.9 cm³/mol. The minimum Gasteiger partial charge on any atom is -0.322 e. The maximum Gasteiger partial charge on any atom is 0.256 e. The van der Waals surface area contributed by atoms with Gasteiger partial charge in [0.2, 0.25) is 0 Å². The molecule has 0 bridgehead atoms. The summed E-state index contributed by atoms with van der Waals surface area (Å²) in [6, 6.07) is 20.8. The predicted octanol–water partition coefficient (Wildman–Crippen LogP) is 4.73. The van der Waals surface area contributed by atoms with Gasteiger partial charge >= 0.3 is 0 Å². The van der Waals surface area contributed by atoms with Crippen molar-refractivity contribution in [2.24, 2.45) is 0 Å². The molecule has 0 heterocycles. The quantitative estimate of drug-likeness (QED) is 0.709. The lowest BCUT2D eigenvalue weighted by Crippen LogP contribution is -2.13. The zero-order chi connectivity index (χ0) is 16.2. The topological polar surface area (TPSA) is 46.2 Å². The van der Waals surface area contributed by atoms with Crippen LogP contribution in [0.2, 0.25) is 0 Å². The van der Waals surface area contributed by atoms with E-state index in [4.69, 9.17) is 0 Å². The lowest BCUT2D eigenvalue weighted by Gasteiger charge is -2.11. The molecule has 3 aromatic carbocycles. The van der Waals surface area contributed by atoms with Gasteiger partial charge in [0.1, 0.15) is 0 Å². The largest absolute Gasteiger partial charge is 0.322 e. The highest BCUT2D eigenvalue weighted by molar-refractivity contribution is 8.13. The molecule has 1 N–H and O–H groups in total. The summed E-state index contributed by atoms with van der Waals surface area (Å²) in [4.78, 5) is 24.8. The van der Waals surface area contributed by atoms with Crippen LogP contribution in [0, 0.1) is 0 Å². The number of amides is 1. The average Bonchev–Trinajstić information content (AvgIpc) is 2.54. The molecular formula is C19H15NO2S. The smallest absolute Gasteiger partial charge is 0.256 e. The van der Waals surface area contributed by atoms with Crippen LogP contribution in [0.1, 0.15) is 17.3 Å². The van der Waals surface area contributed by atoms with Crippen LogP contribution >= 0.6 is 11.8 Å². The van der Waals surface area contributed by atoms with E-state index in [1.165, 1.54) is 6.92 Å². The van der Waals surface area contributed by atoms with Gasteiger partial charge in [0.05, 0.1) is 5.56 Å². The van der Waals surface area contributed by atoms with Crippen LogP contribution < -0.4 is 5.32 Å². The number of benzene rings is 3. The van der Waals surface area contributed by atoms with E-state index in [1.54, 1.807) is 0 Å². The van der Waals surface area contributed by atoms with Crippen molar-refractivity contribution in [2.45, 2.75) is 11.8 Å². The summed E-state index contributed by atoms with van der Waals surface area (Å²) < 4.78 is 0. The van der Waals surface area contributed by atoms with Crippen LogP contribution in [0.15, 0.2) is 71.6 Å². The third-order valence-corrected chi connectivity index (χ3v) is 4.22. The number of nitrogens with one attached hydrogen (secondary N) is 1. The lowest BCUT2D eigenvalue weighted by atomic mass is 10.1. The summed E-state index contributed by atoms with van der Waals surface area (Å²) in [6.07, 6.45) is 0. The van der Waals surface area contributed by atoms with Crippen molar-refractivity contribution in [1.82, 2.24) is 0 Å². The molecule has 3 aromatic rings. The molecular weight excluding hydrogens is 306 g/mol. The highest BCUT2D eigenvalue weighted by atomic mass is 32.2. The van der Waals surface area contributed by atoms with Crippen molar-refractivity contribution in [1.29, 1.82) is 0 Å². The van der Waals surface area contributed by atoms with Crippen LogP contribution in [-0.4, -0.2) is 11.0 Å². The first-order valence-corrected chi connectivity index (χ1v) is 8.03. The van der Waals surface area contributed by atoms with Gasteiger partial charge in [-0.2, -0.15) is 0 Å². The Kier molecular flexibility index (Phi) is 4.44. The molecule has 23 heavy (non-hydrogen) atoms. The number of carbonyl (C=O) groups excluding carboxylic acids is 2. The maximum absolute atomic E-state index is 12.6. The molecule has 0 aromatic heterocycles.